The van der Waals surface area contributed by atoms with Gasteiger partial charge in [-0.2, -0.15) is 0 Å². The van der Waals surface area contributed by atoms with Crippen molar-refractivity contribution >= 4 is 11.9 Å². The van der Waals surface area contributed by atoms with Crippen molar-refractivity contribution in [1.82, 2.24) is 10.6 Å². The Bertz CT molecular complexity index is 541. The Labute approximate surface area is 112 Å². The summed E-state index contributed by atoms with van der Waals surface area (Å²) in [6, 6.07) is 8.50. The molecule has 0 spiro atoms. The number of amides is 1. The lowest BCUT2D eigenvalue weighted by Gasteiger charge is -2.05. The third-order valence-corrected chi connectivity index (χ3v) is 3.97. The summed E-state index contributed by atoms with van der Waals surface area (Å²) >= 11 is 0. The van der Waals surface area contributed by atoms with Crippen LogP contribution in [-0.2, 0) is 4.79 Å². The average molecular weight is 255 g/mol. The van der Waals surface area contributed by atoms with Crippen LogP contribution >= 0.6 is 0 Å². The second-order valence-electron chi connectivity index (χ2n) is 5.73. The van der Waals surface area contributed by atoms with E-state index >= 15 is 0 Å². The van der Waals surface area contributed by atoms with Gasteiger partial charge in [0.15, 0.2) is 12.0 Å². The van der Waals surface area contributed by atoms with Crippen molar-refractivity contribution in [1.29, 1.82) is 0 Å². The van der Waals surface area contributed by atoms with Crippen LogP contribution in [0.4, 0.5) is 0 Å². The largest absolute Gasteiger partial charge is 0.353 e. The third-order valence-electron chi connectivity index (χ3n) is 3.97. The maximum Gasteiger partial charge on any atom is 0.256 e. The number of rotatable bonds is 3. The average Bonchev–Trinajstić information content (AvgIpc) is 3.30. The lowest BCUT2D eigenvalue weighted by Crippen LogP contribution is -2.37. The molecule has 4 rings (SSSR count). The minimum absolute atomic E-state index is 0.0256. The van der Waals surface area contributed by atoms with Crippen LogP contribution < -0.4 is 10.6 Å². The van der Waals surface area contributed by atoms with Gasteiger partial charge in [0.25, 0.3) is 5.91 Å². The van der Waals surface area contributed by atoms with Crippen molar-refractivity contribution in [2.24, 2.45) is 4.99 Å². The van der Waals surface area contributed by atoms with Crippen LogP contribution in [0.5, 0.6) is 0 Å². The molecule has 2 aliphatic carbocycles. The number of benzene rings is 1. The Kier molecular flexibility index (Phi) is 2.37. The molecule has 4 heteroatoms. The van der Waals surface area contributed by atoms with Gasteiger partial charge in [-0.05, 0) is 42.7 Å². The van der Waals surface area contributed by atoms with Crippen LogP contribution in [-0.4, -0.2) is 17.9 Å². The van der Waals surface area contributed by atoms with E-state index in [0.717, 1.165) is 11.5 Å². The molecule has 19 heavy (non-hydrogen) atoms. The standard InChI is InChI=1S/C15H17N3O/c19-14-13(17-15(18-14)16-12-7-8-12)11-5-3-10(4-6-11)9-1-2-9/h3-6,9,12-13H,1-2,7-8H2,(H2,16,17,18,19). The maximum atomic E-state index is 12.0. The molecule has 0 aromatic heterocycles. The van der Waals surface area contributed by atoms with Gasteiger partial charge in [0.2, 0.25) is 0 Å². The Morgan fingerprint density at radius 1 is 1.05 bits per heavy atom. The number of hydrogen-bond donors (Lipinski definition) is 2. The van der Waals surface area contributed by atoms with Gasteiger partial charge >= 0.3 is 0 Å². The van der Waals surface area contributed by atoms with Gasteiger partial charge in [0.05, 0.1) is 0 Å². The van der Waals surface area contributed by atoms with Crippen molar-refractivity contribution < 1.29 is 4.79 Å². The van der Waals surface area contributed by atoms with Gasteiger partial charge in [-0.1, -0.05) is 24.3 Å². The fourth-order valence-electron chi connectivity index (χ4n) is 2.49. The molecule has 0 saturated heterocycles. The predicted molar refractivity (Wildman–Crippen MR) is 72.9 cm³/mol. The molecule has 1 unspecified atom stereocenters. The molecule has 4 nitrogen and oxygen atoms in total. The first-order valence-corrected chi connectivity index (χ1v) is 7.04. The van der Waals surface area contributed by atoms with Gasteiger partial charge in [-0.25, -0.2) is 4.99 Å². The monoisotopic (exact) mass is 255 g/mol. The molecule has 0 bridgehead atoms. The van der Waals surface area contributed by atoms with E-state index in [1.165, 1.54) is 31.2 Å². The molecule has 2 N–H and O–H groups in total. The number of guanidine groups is 1. The number of aliphatic imine (C=N–C) groups is 1. The highest BCUT2D eigenvalue weighted by Crippen LogP contribution is 2.40. The highest BCUT2D eigenvalue weighted by atomic mass is 16.2. The van der Waals surface area contributed by atoms with E-state index < -0.39 is 0 Å². The zero-order chi connectivity index (χ0) is 12.8. The van der Waals surface area contributed by atoms with Gasteiger partial charge in [0, 0.05) is 6.04 Å². The van der Waals surface area contributed by atoms with Crippen molar-refractivity contribution in [3.63, 3.8) is 0 Å². The first-order chi connectivity index (χ1) is 9.29. The van der Waals surface area contributed by atoms with Crippen molar-refractivity contribution in [2.75, 3.05) is 0 Å². The first kappa shape index (κ1) is 11.0. The Hall–Kier alpha value is -1.84. The van der Waals surface area contributed by atoms with Crippen LogP contribution in [0.25, 0.3) is 0 Å². The minimum atomic E-state index is -0.380. The molecule has 1 aromatic carbocycles. The summed E-state index contributed by atoms with van der Waals surface area (Å²) in [7, 11) is 0. The van der Waals surface area contributed by atoms with E-state index in [1.807, 2.05) is 12.1 Å². The molecule has 2 fully saturated rings. The summed E-state index contributed by atoms with van der Waals surface area (Å²) in [5.41, 5.74) is 2.37. The van der Waals surface area contributed by atoms with Gasteiger partial charge < -0.3 is 5.32 Å². The molecular formula is C15H17N3O. The number of nitrogens with one attached hydrogen (secondary N) is 2. The minimum Gasteiger partial charge on any atom is -0.353 e. The van der Waals surface area contributed by atoms with Crippen molar-refractivity contribution in [2.45, 2.75) is 43.7 Å². The summed E-state index contributed by atoms with van der Waals surface area (Å²) in [4.78, 5) is 16.4. The zero-order valence-electron chi connectivity index (χ0n) is 10.7. The Balaban J connectivity index is 1.53. The molecule has 1 aromatic rings. The quantitative estimate of drug-likeness (QED) is 0.866. The molecule has 98 valence electrons. The van der Waals surface area contributed by atoms with Gasteiger partial charge in [0.1, 0.15) is 0 Å². The smallest absolute Gasteiger partial charge is 0.256 e. The van der Waals surface area contributed by atoms with E-state index in [0.29, 0.717) is 12.0 Å². The Morgan fingerprint density at radius 3 is 2.37 bits per heavy atom. The van der Waals surface area contributed by atoms with Crippen LogP contribution in [0.1, 0.15) is 48.8 Å². The van der Waals surface area contributed by atoms with Gasteiger partial charge in [-0.15, -0.1) is 0 Å². The van der Waals surface area contributed by atoms with E-state index in [-0.39, 0.29) is 11.9 Å². The summed E-state index contributed by atoms with van der Waals surface area (Å²) in [6.07, 6.45) is 4.96. The van der Waals surface area contributed by atoms with E-state index in [9.17, 15) is 4.79 Å². The highest BCUT2D eigenvalue weighted by molar-refractivity contribution is 6.05. The second-order valence-corrected chi connectivity index (χ2v) is 5.73. The van der Waals surface area contributed by atoms with Crippen molar-refractivity contribution in [3.8, 4) is 0 Å². The zero-order valence-corrected chi connectivity index (χ0v) is 10.7. The summed E-state index contributed by atoms with van der Waals surface area (Å²) in [5.74, 6) is 1.37. The molecule has 1 heterocycles. The molecule has 1 amide bonds. The fraction of sp³-hybridized carbons (Fsp3) is 0.467. The number of carbonyl (C=O) groups is 1. The first-order valence-electron chi connectivity index (χ1n) is 7.04. The molecule has 2 saturated carbocycles. The van der Waals surface area contributed by atoms with Crippen LogP contribution in [0.2, 0.25) is 0 Å². The second kappa shape index (κ2) is 4.08. The summed E-state index contributed by atoms with van der Waals surface area (Å²) < 4.78 is 0. The lowest BCUT2D eigenvalue weighted by atomic mass is 10.0. The molecular weight excluding hydrogens is 238 g/mol. The summed E-state index contributed by atoms with van der Waals surface area (Å²) in [5, 5.41) is 6.06. The summed E-state index contributed by atoms with van der Waals surface area (Å²) in [6.45, 7) is 0. The number of nitrogens with zero attached hydrogens (tertiary/aromatic N) is 1. The van der Waals surface area contributed by atoms with Gasteiger partial charge in [-0.3, -0.25) is 10.1 Å². The lowest BCUT2D eigenvalue weighted by molar-refractivity contribution is -0.120. The van der Waals surface area contributed by atoms with Crippen LogP contribution in [0.15, 0.2) is 29.3 Å². The Morgan fingerprint density at radius 2 is 1.74 bits per heavy atom. The van der Waals surface area contributed by atoms with Crippen LogP contribution in [0.3, 0.4) is 0 Å². The molecule has 0 radical (unpaired) electrons. The topological polar surface area (TPSA) is 53.5 Å². The predicted octanol–water partition coefficient (Wildman–Crippen LogP) is 1.84. The fourth-order valence-corrected chi connectivity index (χ4v) is 2.49. The molecule has 3 aliphatic rings. The normalized spacial score (nSPS) is 26.0. The van der Waals surface area contributed by atoms with E-state index in [1.54, 1.807) is 0 Å². The van der Waals surface area contributed by atoms with Crippen LogP contribution in [0, 0.1) is 0 Å². The highest BCUT2D eigenvalue weighted by Gasteiger charge is 2.31. The third kappa shape index (κ3) is 2.23. The van der Waals surface area contributed by atoms with Crippen molar-refractivity contribution in [3.05, 3.63) is 35.4 Å². The number of carbonyl (C=O) groups excluding carboxylic acids is 1. The molecule has 1 atom stereocenters. The number of hydrogen-bond acceptors (Lipinski definition) is 3. The van der Waals surface area contributed by atoms with E-state index in [2.05, 4.69) is 27.8 Å². The SMILES string of the molecule is O=C1NC(NC2CC2)=NC1c1ccc(C2CC2)cc1. The molecule has 1 aliphatic heterocycles. The van der Waals surface area contributed by atoms with E-state index in [4.69, 9.17) is 0 Å². The maximum absolute atomic E-state index is 12.0.